The molecule has 3 heteroatoms. The summed E-state index contributed by atoms with van der Waals surface area (Å²) in [7, 11) is 0. The Morgan fingerprint density at radius 1 is 1.05 bits per heavy atom. The monoisotopic (exact) mass is 295 g/mol. The molecule has 2 aromatic carbocycles. The van der Waals surface area contributed by atoms with Gasteiger partial charge in [0.15, 0.2) is 0 Å². The summed E-state index contributed by atoms with van der Waals surface area (Å²) in [6, 6.07) is 19.9. The van der Waals surface area contributed by atoms with Crippen LogP contribution in [0.15, 0.2) is 60.7 Å². The molecule has 0 spiro atoms. The van der Waals surface area contributed by atoms with Crippen LogP contribution >= 0.6 is 0 Å². The molecule has 0 aliphatic carbocycles. The number of hydrogen-bond donors (Lipinski definition) is 0. The van der Waals surface area contributed by atoms with E-state index in [4.69, 9.17) is 4.74 Å². The molecule has 3 nitrogen and oxygen atoms in total. The third-order valence-corrected chi connectivity index (χ3v) is 4.01. The number of benzene rings is 2. The second-order valence-corrected chi connectivity index (χ2v) is 5.75. The van der Waals surface area contributed by atoms with Gasteiger partial charge in [0.25, 0.3) is 5.91 Å². The molecule has 0 bridgehead atoms. The number of carbonyl (C=O) groups is 1. The van der Waals surface area contributed by atoms with E-state index in [-0.39, 0.29) is 5.91 Å². The summed E-state index contributed by atoms with van der Waals surface area (Å²) < 4.78 is 5.70. The van der Waals surface area contributed by atoms with Crippen LogP contribution in [0.1, 0.15) is 15.9 Å². The first-order valence-corrected chi connectivity index (χ1v) is 7.79. The lowest BCUT2D eigenvalue weighted by molar-refractivity contribution is 0.0737. The van der Waals surface area contributed by atoms with Gasteiger partial charge in [-0.3, -0.25) is 4.79 Å². The zero-order chi connectivity index (χ0) is 15.2. The van der Waals surface area contributed by atoms with E-state index in [1.165, 1.54) is 5.56 Å². The molecule has 22 heavy (non-hydrogen) atoms. The van der Waals surface area contributed by atoms with Gasteiger partial charge in [-0.2, -0.15) is 0 Å². The van der Waals surface area contributed by atoms with Gasteiger partial charge in [0.05, 0.1) is 13.2 Å². The van der Waals surface area contributed by atoms with Crippen molar-refractivity contribution in [2.75, 3.05) is 26.3 Å². The lowest BCUT2D eigenvalue weighted by Gasteiger charge is -2.23. The van der Waals surface area contributed by atoms with Crippen molar-refractivity contribution in [1.82, 2.24) is 4.90 Å². The van der Waals surface area contributed by atoms with Crippen LogP contribution in [0.25, 0.3) is 0 Å². The topological polar surface area (TPSA) is 29.5 Å². The van der Waals surface area contributed by atoms with Gasteiger partial charge in [0, 0.05) is 24.6 Å². The maximum absolute atomic E-state index is 12.6. The molecule has 2 aromatic rings. The van der Waals surface area contributed by atoms with Gasteiger partial charge < -0.3 is 9.64 Å². The Kier molecular flexibility index (Phi) is 4.86. The van der Waals surface area contributed by atoms with Gasteiger partial charge in [0.1, 0.15) is 0 Å². The Morgan fingerprint density at radius 3 is 2.45 bits per heavy atom. The van der Waals surface area contributed by atoms with Crippen LogP contribution < -0.4 is 0 Å². The fraction of sp³-hybridized carbons (Fsp3) is 0.316. The number of carbonyl (C=O) groups excluding carboxylic acids is 1. The fourth-order valence-corrected chi connectivity index (χ4v) is 2.90. The molecule has 1 amide bonds. The van der Waals surface area contributed by atoms with E-state index in [0.29, 0.717) is 25.7 Å². The van der Waals surface area contributed by atoms with Gasteiger partial charge in [-0.05, 0) is 24.1 Å². The van der Waals surface area contributed by atoms with Crippen molar-refractivity contribution in [2.45, 2.75) is 6.42 Å². The third kappa shape index (κ3) is 3.74. The minimum absolute atomic E-state index is 0.101. The number of rotatable bonds is 3. The maximum atomic E-state index is 12.6. The number of ether oxygens (including phenoxy) is 1. The number of nitrogens with zero attached hydrogens (tertiary/aromatic N) is 1. The van der Waals surface area contributed by atoms with Crippen LogP contribution in [0.4, 0.5) is 0 Å². The molecule has 1 fully saturated rings. The fourth-order valence-electron chi connectivity index (χ4n) is 2.90. The van der Waals surface area contributed by atoms with E-state index in [0.717, 1.165) is 18.5 Å². The summed E-state index contributed by atoms with van der Waals surface area (Å²) in [5.74, 6) is 0.446. The Bertz CT molecular complexity index is 597. The maximum Gasteiger partial charge on any atom is 0.253 e. The van der Waals surface area contributed by atoms with Crippen molar-refractivity contribution < 1.29 is 9.53 Å². The average Bonchev–Trinajstić information content (AvgIpc) is 2.81. The lowest BCUT2D eigenvalue weighted by Crippen LogP contribution is -2.36. The molecule has 0 radical (unpaired) electrons. The van der Waals surface area contributed by atoms with Crippen molar-refractivity contribution in [3.05, 3.63) is 71.8 Å². The van der Waals surface area contributed by atoms with Crippen molar-refractivity contribution in [1.29, 1.82) is 0 Å². The van der Waals surface area contributed by atoms with E-state index in [1.54, 1.807) is 0 Å². The summed E-state index contributed by atoms with van der Waals surface area (Å²) >= 11 is 0. The molecule has 1 aliphatic heterocycles. The van der Waals surface area contributed by atoms with Crippen LogP contribution in [0, 0.1) is 5.92 Å². The molecule has 1 saturated heterocycles. The minimum Gasteiger partial charge on any atom is -0.379 e. The second-order valence-electron chi connectivity index (χ2n) is 5.75. The highest BCUT2D eigenvalue weighted by atomic mass is 16.5. The van der Waals surface area contributed by atoms with Crippen LogP contribution in [0.3, 0.4) is 0 Å². The smallest absolute Gasteiger partial charge is 0.253 e. The van der Waals surface area contributed by atoms with E-state index in [9.17, 15) is 4.79 Å². The van der Waals surface area contributed by atoms with Gasteiger partial charge in [-0.15, -0.1) is 0 Å². The Hall–Kier alpha value is -2.13. The molecule has 1 heterocycles. The largest absolute Gasteiger partial charge is 0.379 e. The van der Waals surface area contributed by atoms with Gasteiger partial charge in [0.2, 0.25) is 0 Å². The van der Waals surface area contributed by atoms with Crippen LogP contribution in [0.5, 0.6) is 0 Å². The normalized spacial score (nSPS) is 18.7. The molecular formula is C19H21NO2. The number of hydrogen-bond acceptors (Lipinski definition) is 2. The van der Waals surface area contributed by atoms with E-state index in [1.807, 2.05) is 41.3 Å². The van der Waals surface area contributed by atoms with E-state index < -0.39 is 0 Å². The van der Waals surface area contributed by atoms with E-state index >= 15 is 0 Å². The SMILES string of the molecule is O=C(c1ccccc1)N1CCOC[C@H](Cc2ccccc2)C1. The first-order chi connectivity index (χ1) is 10.8. The second kappa shape index (κ2) is 7.23. The predicted octanol–water partition coefficient (Wildman–Crippen LogP) is 3.02. The van der Waals surface area contributed by atoms with E-state index in [2.05, 4.69) is 24.3 Å². The highest BCUT2D eigenvalue weighted by Gasteiger charge is 2.23. The summed E-state index contributed by atoms with van der Waals surface area (Å²) in [4.78, 5) is 14.5. The Balaban J connectivity index is 1.69. The zero-order valence-electron chi connectivity index (χ0n) is 12.7. The lowest BCUT2D eigenvalue weighted by atomic mass is 9.99. The molecule has 0 N–H and O–H groups in total. The van der Waals surface area contributed by atoms with Crippen LogP contribution in [-0.4, -0.2) is 37.1 Å². The molecule has 0 saturated carbocycles. The van der Waals surface area contributed by atoms with Crippen LogP contribution in [0.2, 0.25) is 0 Å². The molecule has 1 atom stereocenters. The molecule has 0 unspecified atom stereocenters. The van der Waals surface area contributed by atoms with Crippen molar-refractivity contribution in [3.8, 4) is 0 Å². The first-order valence-electron chi connectivity index (χ1n) is 7.79. The quantitative estimate of drug-likeness (QED) is 0.871. The molecular weight excluding hydrogens is 274 g/mol. The zero-order valence-corrected chi connectivity index (χ0v) is 12.7. The summed E-state index contributed by atoms with van der Waals surface area (Å²) in [5, 5.41) is 0. The Morgan fingerprint density at radius 2 is 1.73 bits per heavy atom. The molecule has 1 aliphatic rings. The summed E-state index contributed by atoms with van der Waals surface area (Å²) in [5.41, 5.74) is 2.05. The number of amides is 1. The third-order valence-electron chi connectivity index (χ3n) is 4.01. The molecule has 0 aromatic heterocycles. The summed E-state index contributed by atoms with van der Waals surface area (Å²) in [6.45, 7) is 2.75. The highest BCUT2D eigenvalue weighted by molar-refractivity contribution is 5.94. The van der Waals surface area contributed by atoms with Crippen molar-refractivity contribution in [2.24, 2.45) is 5.92 Å². The Labute approximate surface area is 131 Å². The first kappa shape index (κ1) is 14.8. The molecule has 3 rings (SSSR count). The van der Waals surface area contributed by atoms with Gasteiger partial charge in [-0.25, -0.2) is 0 Å². The standard InChI is InChI=1S/C19H21NO2/c21-19(18-9-5-2-6-10-18)20-11-12-22-15-17(14-20)13-16-7-3-1-4-8-16/h1-10,17H,11-15H2/t17-/m1/s1. The van der Waals surface area contributed by atoms with Crippen LogP contribution in [-0.2, 0) is 11.2 Å². The molecule has 114 valence electrons. The van der Waals surface area contributed by atoms with Gasteiger partial charge in [-0.1, -0.05) is 48.5 Å². The minimum atomic E-state index is 0.101. The van der Waals surface area contributed by atoms with Crippen molar-refractivity contribution >= 4 is 5.91 Å². The van der Waals surface area contributed by atoms with Gasteiger partial charge >= 0.3 is 0 Å². The summed E-state index contributed by atoms with van der Waals surface area (Å²) in [6.07, 6.45) is 0.944. The average molecular weight is 295 g/mol. The van der Waals surface area contributed by atoms with Crippen molar-refractivity contribution in [3.63, 3.8) is 0 Å². The highest BCUT2D eigenvalue weighted by Crippen LogP contribution is 2.16. The predicted molar refractivity (Wildman–Crippen MR) is 86.8 cm³/mol.